The van der Waals surface area contributed by atoms with E-state index in [0.29, 0.717) is 18.7 Å². The molecule has 0 radical (unpaired) electrons. The van der Waals surface area contributed by atoms with Crippen LogP contribution in [0.4, 0.5) is 15.8 Å². The van der Waals surface area contributed by atoms with E-state index in [-0.39, 0.29) is 31.2 Å². The van der Waals surface area contributed by atoms with Gasteiger partial charge in [0.05, 0.1) is 13.2 Å². The molecular formula is C28H32FN5O4. The molecule has 9 nitrogen and oxygen atoms in total. The van der Waals surface area contributed by atoms with Crippen LogP contribution in [0.1, 0.15) is 34.3 Å². The Morgan fingerprint density at radius 3 is 2.50 bits per heavy atom. The van der Waals surface area contributed by atoms with Gasteiger partial charge in [-0.05, 0) is 36.2 Å². The van der Waals surface area contributed by atoms with Gasteiger partial charge in [-0.2, -0.15) is 0 Å². The zero-order valence-corrected chi connectivity index (χ0v) is 21.3. The van der Waals surface area contributed by atoms with E-state index in [1.807, 2.05) is 0 Å². The van der Waals surface area contributed by atoms with Crippen molar-refractivity contribution in [3.63, 3.8) is 0 Å². The number of anilines is 2. The number of hydrogen-bond donors (Lipinski definition) is 1. The fraction of sp³-hybridized carbons (Fsp3) is 0.464. The summed E-state index contributed by atoms with van der Waals surface area (Å²) in [5, 5.41) is 2.32. The van der Waals surface area contributed by atoms with E-state index in [4.69, 9.17) is 4.74 Å². The Morgan fingerprint density at radius 1 is 0.947 bits per heavy atom. The van der Waals surface area contributed by atoms with Crippen LogP contribution in [0.2, 0.25) is 0 Å². The fourth-order valence-electron chi connectivity index (χ4n) is 5.97. The largest absolute Gasteiger partial charge is 0.378 e. The van der Waals surface area contributed by atoms with Crippen molar-refractivity contribution in [3.8, 4) is 0 Å². The Hall–Kier alpha value is -3.50. The maximum atomic E-state index is 14.7. The summed E-state index contributed by atoms with van der Waals surface area (Å²) < 4.78 is 20.1. The summed E-state index contributed by atoms with van der Waals surface area (Å²) in [6.45, 7) is 7.47. The van der Waals surface area contributed by atoms with E-state index < -0.39 is 17.8 Å². The Balaban J connectivity index is 1.13. The van der Waals surface area contributed by atoms with Crippen LogP contribution in [0.3, 0.4) is 0 Å². The first-order chi connectivity index (χ1) is 18.5. The zero-order chi connectivity index (χ0) is 26.2. The highest BCUT2D eigenvalue weighted by atomic mass is 19.1. The molecule has 200 valence electrons. The molecule has 4 heterocycles. The van der Waals surface area contributed by atoms with Crippen molar-refractivity contribution in [2.45, 2.75) is 32.0 Å². The quantitative estimate of drug-likeness (QED) is 0.600. The number of piperidine rings is 1. The molecule has 1 atom stereocenters. The van der Waals surface area contributed by atoms with E-state index in [2.05, 4.69) is 44.3 Å². The second-order valence-electron chi connectivity index (χ2n) is 10.4. The van der Waals surface area contributed by atoms with Crippen molar-refractivity contribution in [3.05, 3.63) is 58.9 Å². The van der Waals surface area contributed by atoms with E-state index in [9.17, 15) is 18.8 Å². The maximum Gasteiger partial charge on any atom is 0.255 e. The van der Waals surface area contributed by atoms with Crippen LogP contribution in [-0.4, -0.2) is 86.0 Å². The van der Waals surface area contributed by atoms with Gasteiger partial charge >= 0.3 is 0 Å². The lowest BCUT2D eigenvalue weighted by molar-refractivity contribution is -0.136. The van der Waals surface area contributed by atoms with Crippen molar-refractivity contribution in [1.29, 1.82) is 0 Å². The van der Waals surface area contributed by atoms with Crippen LogP contribution < -0.4 is 15.1 Å². The van der Waals surface area contributed by atoms with Gasteiger partial charge in [-0.15, -0.1) is 0 Å². The second-order valence-corrected chi connectivity index (χ2v) is 10.4. The molecule has 4 aliphatic rings. The number of nitrogens with zero attached hydrogens (tertiary/aromatic N) is 4. The van der Waals surface area contributed by atoms with Crippen molar-refractivity contribution in [2.24, 2.45) is 0 Å². The number of carbonyl (C=O) groups is 3. The molecule has 4 aliphatic heterocycles. The number of piperazine rings is 1. The number of carbonyl (C=O) groups excluding carboxylic acids is 3. The van der Waals surface area contributed by atoms with Crippen LogP contribution >= 0.6 is 0 Å². The molecule has 0 spiro atoms. The molecule has 0 bridgehead atoms. The van der Waals surface area contributed by atoms with Gasteiger partial charge in [0.1, 0.15) is 11.9 Å². The van der Waals surface area contributed by atoms with Gasteiger partial charge in [0.15, 0.2) is 0 Å². The highest BCUT2D eigenvalue weighted by molar-refractivity contribution is 6.06. The van der Waals surface area contributed by atoms with Crippen LogP contribution in [0.15, 0.2) is 36.4 Å². The molecule has 0 saturated carbocycles. The van der Waals surface area contributed by atoms with E-state index in [0.717, 1.165) is 57.2 Å². The monoisotopic (exact) mass is 521 g/mol. The molecule has 10 heteroatoms. The lowest BCUT2D eigenvalue weighted by atomic mass is 10.0. The molecule has 1 N–H and O–H groups in total. The summed E-state index contributed by atoms with van der Waals surface area (Å²) in [5.41, 5.74) is 4.28. The van der Waals surface area contributed by atoms with Crippen molar-refractivity contribution in [1.82, 2.24) is 15.1 Å². The summed E-state index contributed by atoms with van der Waals surface area (Å²) >= 11 is 0. The highest BCUT2D eigenvalue weighted by Crippen LogP contribution is 2.35. The minimum atomic E-state index is -0.714. The van der Waals surface area contributed by atoms with Gasteiger partial charge in [0.25, 0.3) is 5.91 Å². The molecule has 38 heavy (non-hydrogen) atoms. The minimum Gasteiger partial charge on any atom is -0.378 e. The maximum absolute atomic E-state index is 14.7. The second kappa shape index (κ2) is 10.3. The van der Waals surface area contributed by atoms with E-state index >= 15 is 0 Å². The number of halogens is 1. The van der Waals surface area contributed by atoms with E-state index in [1.165, 1.54) is 28.3 Å². The average molecular weight is 522 g/mol. The van der Waals surface area contributed by atoms with Crippen LogP contribution in [0.5, 0.6) is 0 Å². The first-order valence-electron chi connectivity index (χ1n) is 13.3. The van der Waals surface area contributed by atoms with Crippen molar-refractivity contribution >= 4 is 29.1 Å². The number of hydrogen-bond acceptors (Lipinski definition) is 7. The van der Waals surface area contributed by atoms with Crippen LogP contribution in [0.25, 0.3) is 0 Å². The van der Waals surface area contributed by atoms with Crippen molar-refractivity contribution in [2.75, 3.05) is 62.3 Å². The van der Waals surface area contributed by atoms with Gasteiger partial charge in [-0.25, -0.2) is 4.39 Å². The zero-order valence-electron chi connectivity index (χ0n) is 21.3. The number of morpholine rings is 1. The highest BCUT2D eigenvalue weighted by Gasteiger charge is 2.41. The summed E-state index contributed by atoms with van der Waals surface area (Å²) in [6.07, 6.45) is 0.475. The number of amides is 3. The summed E-state index contributed by atoms with van der Waals surface area (Å²) in [5.74, 6) is -1.60. The number of nitrogens with one attached hydrogen (secondary N) is 1. The standard InChI is InChI=1S/C28H32FN5O4/c29-20-15-22-23(18-34(28(22)37)24-4-5-26(35)30-27(24)36)25(16-20)33-8-6-31(7-9-33)17-19-2-1-3-21(14-19)32-10-12-38-13-11-32/h1-3,14-16,24H,4-13,17-18H2,(H,30,35,36). The number of fused-ring (bicyclic) bond motifs is 1. The summed E-state index contributed by atoms with van der Waals surface area (Å²) in [6, 6.07) is 10.7. The van der Waals surface area contributed by atoms with E-state index in [1.54, 1.807) is 0 Å². The number of imide groups is 1. The third kappa shape index (κ3) is 4.86. The SMILES string of the molecule is O=C1CCC(N2Cc3c(cc(F)cc3N3CCN(Cc4cccc(N5CCOCC5)c4)CC3)C2=O)C(=O)N1. The van der Waals surface area contributed by atoms with Gasteiger partial charge < -0.3 is 19.4 Å². The molecular weight excluding hydrogens is 489 g/mol. The van der Waals surface area contributed by atoms with Gasteiger partial charge in [0, 0.05) is 81.3 Å². The third-order valence-corrected chi connectivity index (χ3v) is 8.00. The Kier molecular flexibility index (Phi) is 6.75. The van der Waals surface area contributed by atoms with Crippen LogP contribution in [0, 0.1) is 5.82 Å². The Labute approximate surface area is 221 Å². The van der Waals surface area contributed by atoms with Gasteiger partial charge in [-0.3, -0.25) is 24.6 Å². The lowest BCUT2D eigenvalue weighted by Gasteiger charge is -2.37. The number of rotatable bonds is 5. The predicted molar refractivity (Wildman–Crippen MR) is 139 cm³/mol. The first kappa shape index (κ1) is 24.8. The molecule has 6 rings (SSSR count). The molecule has 2 aromatic rings. The van der Waals surface area contributed by atoms with Crippen LogP contribution in [-0.2, 0) is 27.4 Å². The normalized spacial score (nSPS) is 22.6. The summed E-state index contributed by atoms with van der Waals surface area (Å²) in [4.78, 5) is 45.5. The molecule has 1 unspecified atom stereocenters. The average Bonchev–Trinajstić information content (AvgIpc) is 3.25. The van der Waals surface area contributed by atoms with Gasteiger partial charge in [-0.1, -0.05) is 12.1 Å². The molecule has 3 fully saturated rings. The van der Waals surface area contributed by atoms with Gasteiger partial charge in [0.2, 0.25) is 11.8 Å². The molecule has 2 aromatic carbocycles. The third-order valence-electron chi connectivity index (χ3n) is 8.00. The first-order valence-corrected chi connectivity index (χ1v) is 13.3. The Morgan fingerprint density at radius 2 is 1.74 bits per heavy atom. The van der Waals surface area contributed by atoms with Crippen molar-refractivity contribution < 1.29 is 23.5 Å². The summed E-state index contributed by atoms with van der Waals surface area (Å²) in [7, 11) is 0. The topological polar surface area (TPSA) is 85.4 Å². The smallest absolute Gasteiger partial charge is 0.255 e. The molecule has 0 aromatic heterocycles. The number of ether oxygens (including phenoxy) is 1. The molecule has 3 saturated heterocycles. The predicted octanol–water partition coefficient (Wildman–Crippen LogP) is 1.75. The number of benzene rings is 2. The molecule has 3 amide bonds. The lowest BCUT2D eigenvalue weighted by Crippen LogP contribution is -2.52. The Bertz CT molecular complexity index is 1260. The minimum absolute atomic E-state index is 0.190. The molecule has 0 aliphatic carbocycles. The fourth-order valence-corrected chi connectivity index (χ4v) is 5.97.